The summed E-state index contributed by atoms with van der Waals surface area (Å²) in [6, 6.07) is 0. The Morgan fingerprint density at radius 1 is 0.957 bits per heavy atom. The van der Waals surface area contributed by atoms with Crippen LogP contribution in [0.3, 0.4) is 0 Å². The van der Waals surface area contributed by atoms with Crippen LogP contribution in [0.1, 0.15) is 52.9 Å². The second kappa shape index (κ2) is 8.94. The third-order valence-corrected chi connectivity index (χ3v) is 4.22. The van der Waals surface area contributed by atoms with E-state index in [0.717, 1.165) is 0 Å². The first kappa shape index (κ1) is 20.3. The van der Waals surface area contributed by atoms with Crippen molar-refractivity contribution >= 4 is 5.97 Å². The molecule has 1 rings (SSSR count). The number of aliphatic hydroxyl groups is 4. The molecule has 23 heavy (non-hydrogen) atoms. The zero-order valence-corrected chi connectivity index (χ0v) is 14.1. The fourth-order valence-electron chi connectivity index (χ4n) is 3.12. The quantitative estimate of drug-likeness (QED) is 0.466. The highest BCUT2D eigenvalue weighted by Crippen LogP contribution is 2.39. The van der Waals surface area contributed by atoms with E-state index in [0.29, 0.717) is 19.3 Å². The third kappa shape index (κ3) is 4.22. The van der Waals surface area contributed by atoms with E-state index in [1.807, 2.05) is 20.8 Å². The van der Waals surface area contributed by atoms with Crippen LogP contribution in [0.25, 0.3) is 0 Å². The van der Waals surface area contributed by atoms with Crippen molar-refractivity contribution in [1.82, 2.24) is 0 Å². The molecule has 7 heteroatoms. The lowest BCUT2D eigenvalue weighted by molar-refractivity contribution is -0.286. The summed E-state index contributed by atoms with van der Waals surface area (Å²) in [7, 11) is 0. The first-order valence-electron chi connectivity index (χ1n) is 8.41. The molecule has 1 saturated carbocycles. The van der Waals surface area contributed by atoms with Gasteiger partial charge in [-0.25, -0.2) is 0 Å². The summed E-state index contributed by atoms with van der Waals surface area (Å²) in [6.07, 6.45) is -5.14. The third-order valence-electron chi connectivity index (χ3n) is 4.22. The highest BCUT2D eigenvalue weighted by Gasteiger charge is 2.61. The smallest absolute Gasteiger partial charge is 0.306 e. The minimum atomic E-state index is -1.62. The van der Waals surface area contributed by atoms with Gasteiger partial charge >= 0.3 is 5.97 Å². The fraction of sp³-hybridized carbons (Fsp3) is 0.938. The molecule has 0 amide bonds. The second-order valence-electron chi connectivity index (χ2n) is 6.14. The summed E-state index contributed by atoms with van der Waals surface area (Å²) in [4.78, 5) is 12.0. The number of esters is 1. The molecule has 0 bridgehead atoms. The van der Waals surface area contributed by atoms with Crippen LogP contribution < -0.4 is 0 Å². The molecule has 1 aliphatic rings. The topological polar surface area (TPSA) is 116 Å². The Morgan fingerprint density at radius 2 is 1.61 bits per heavy atom. The van der Waals surface area contributed by atoms with Gasteiger partial charge in [0.2, 0.25) is 0 Å². The molecule has 0 radical (unpaired) electrons. The maximum absolute atomic E-state index is 12.0. The van der Waals surface area contributed by atoms with Crippen molar-refractivity contribution in [1.29, 1.82) is 0 Å². The molecule has 1 aliphatic carbocycles. The van der Waals surface area contributed by atoms with Crippen LogP contribution in [-0.4, -0.2) is 69.1 Å². The number of hydrogen-bond acceptors (Lipinski definition) is 7. The zero-order valence-electron chi connectivity index (χ0n) is 14.1. The molecule has 1 fully saturated rings. The van der Waals surface area contributed by atoms with Gasteiger partial charge in [0, 0.05) is 13.0 Å². The molecular weight excluding hydrogens is 304 g/mol. The van der Waals surface area contributed by atoms with Crippen molar-refractivity contribution in [3.05, 3.63) is 0 Å². The van der Waals surface area contributed by atoms with Crippen molar-refractivity contribution in [3.8, 4) is 0 Å². The molecule has 0 saturated heterocycles. The van der Waals surface area contributed by atoms with Gasteiger partial charge in [0.15, 0.2) is 5.60 Å². The summed E-state index contributed by atoms with van der Waals surface area (Å²) in [5.74, 6) is -0.527. The molecule has 136 valence electrons. The Kier molecular flexibility index (Phi) is 7.89. The first-order chi connectivity index (χ1) is 10.9. The SMILES string of the molecule is CCCO[C@@H]1[C@@H](O)[C@H](O)[C@@H](O)[C@H](O)[C@]1(CCC)OC(=O)CCC. The van der Waals surface area contributed by atoms with Gasteiger partial charge < -0.3 is 29.9 Å². The summed E-state index contributed by atoms with van der Waals surface area (Å²) < 4.78 is 11.1. The minimum absolute atomic E-state index is 0.160. The van der Waals surface area contributed by atoms with E-state index in [9.17, 15) is 25.2 Å². The Labute approximate surface area is 137 Å². The van der Waals surface area contributed by atoms with Crippen molar-refractivity contribution < 1.29 is 34.7 Å². The lowest BCUT2D eigenvalue weighted by atomic mass is 9.72. The lowest BCUT2D eigenvalue weighted by Crippen LogP contribution is -2.72. The van der Waals surface area contributed by atoms with Gasteiger partial charge in [0.05, 0.1) is 0 Å². The maximum atomic E-state index is 12.0. The van der Waals surface area contributed by atoms with Crippen LogP contribution >= 0.6 is 0 Å². The van der Waals surface area contributed by atoms with Gasteiger partial charge in [-0.2, -0.15) is 0 Å². The molecule has 0 unspecified atom stereocenters. The Bertz CT molecular complexity index is 375. The van der Waals surface area contributed by atoms with Crippen LogP contribution in [0.5, 0.6) is 0 Å². The standard InChI is InChI=1S/C16H30O7/c1-4-7-10(17)23-16(8-5-2)14(21)12(19)11(18)13(20)15(16)22-9-6-3/h11-15,18-21H,4-9H2,1-3H3/t11-,12-,13+,14+,15-,16+/m1/s1. The van der Waals surface area contributed by atoms with E-state index in [2.05, 4.69) is 0 Å². The summed E-state index contributed by atoms with van der Waals surface area (Å²) in [6.45, 7) is 5.81. The first-order valence-corrected chi connectivity index (χ1v) is 8.41. The number of carbonyl (C=O) groups is 1. The monoisotopic (exact) mass is 334 g/mol. The van der Waals surface area contributed by atoms with Crippen LogP contribution in [0.15, 0.2) is 0 Å². The van der Waals surface area contributed by atoms with Crippen molar-refractivity contribution in [2.24, 2.45) is 0 Å². The maximum Gasteiger partial charge on any atom is 0.306 e. The van der Waals surface area contributed by atoms with E-state index in [1.165, 1.54) is 0 Å². The molecule has 0 aliphatic heterocycles. The van der Waals surface area contributed by atoms with Crippen molar-refractivity contribution in [3.63, 3.8) is 0 Å². The summed E-state index contributed by atoms with van der Waals surface area (Å²) >= 11 is 0. The molecule has 0 heterocycles. The molecule has 7 nitrogen and oxygen atoms in total. The van der Waals surface area contributed by atoms with Crippen molar-refractivity contribution in [2.45, 2.75) is 89.0 Å². The van der Waals surface area contributed by atoms with Crippen LogP contribution in [-0.2, 0) is 14.3 Å². The molecule has 6 atom stereocenters. The average Bonchev–Trinajstić information content (AvgIpc) is 2.51. The molecule has 0 aromatic carbocycles. The Balaban J connectivity index is 3.20. The van der Waals surface area contributed by atoms with Crippen LogP contribution in [0.2, 0.25) is 0 Å². The Morgan fingerprint density at radius 3 is 2.13 bits per heavy atom. The number of rotatable bonds is 8. The van der Waals surface area contributed by atoms with E-state index in [4.69, 9.17) is 9.47 Å². The van der Waals surface area contributed by atoms with E-state index < -0.39 is 42.1 Å². The summed E-state index contributed by atoms with van der Waals surface area (Å²) in [5.41, 5.74) is -1.58. The van der Waals surface area contributed by atoms with Gasteiger partial charge in [-0.3, -0.25) is 4.79 Å². The van der Waals surface area contributed by atoms with Gasteiger partial charge in [0.25, 0.3) is 0 Å². The highest BCUT2D eigenvalue weighted by molar-refractivity contribution is 5.70. The average molecular weight is 334 g/mol. The predicted octanol–water partition coefficient (Wildman–Crippen LogP) is 0.121. The molecule has 0 spiro atoms. The lowest BCUT2D eigenvalue weighted by Gasteiger charge is -2.51. The van der Waals surface area contributed by atoms with Crippen LogP contribution in [0.4, 0.5) is 0 Å². The van der Waals surface area contributed by atoms with Gasteiger partial charge in [0.1, 0.15) is 30.5 Å². The molecule has 4 N–H and O–H groups in total. The van der Waals surface area contributed by atoms with Gasteiger partial charge in [-0.1, -0.05) is 27.2 Å². The molecular formula is C16H30O7. The van der Waals surface area contributed by atoms with Crippen LogP contribution in [0, 0.1) is 0 Å². The Hall–Kier alpha value is -0.730. The normalized spacial score (nSPS) is 37.6. The second-order valence-corrected chi connectivity index (χ2v) is 6.14. The zero-order chi connectivity index (χ0) is 17.6. The van der Waals surface area contributed by atoms with Gasteiger partial charge in [-0.15, -0.1) is 0 Å². The molecule has 0 aromatic heterocycles. The number of aliphatic hydroxyl groups excluding tert-OH is 4. The van der Waals surface area contributed by atoms with Gasteiger partial charge in [-0.05, 0) is 19.3 Å². The minimum Gasteiger partial charge on any atom is -0.453 e. The van der Waals surface area contributed by atoms with Crippen molar-refractivity contribution in [2.75, 3.05) is 6.61 Å². The predicted molar refractivity (Wildman–Crippen MR) is 82.7 cm³/mol. The van der Waals surface area contributed by atoms with E-state index in [-0.39, 0.29) is 19.4 Å². The number of hydrogen-bond donors (Lipinski definition) is 4. The van der Waals surface area contributed by atoms with E-state index >= 15 is 0 Å². The number of ether oxygens (including phenoxy) is 2. The summed E-state index contributed by atoms with van der Waals surface area (Å²) in [5, 5.41) is 40.8. The van der Waals surface area contributed by atoms with E-state index in [1.54, 1.807) is 0 Å². The number of carbonyl (C=O) groups excluding carboxylic acids is 1. The highest BCUT2D eigenvalue weighted by atomic mass is 16.6. The molecule has 0 aromatic rings. The fourth-order valence-corrected chi connectivity index (χ4v) is 3.12. The largest absolute Gasteiger partial charge is 0.453 e.